The Kier molecular flexibility index (Phi) is 2.14. The Hall–Kier alpha value is -1.97. The molecule has 0 atom stereocenters. The topological polar surface area (TPSA) is 47.9 Å². The van der Waals surface area contributed by atoms with Crippen molar-refractivity contribution in [3.8, 4) is 11.6 Å². The van der Waals surface area contributed by atoms with E-state index in [1.807, 2.05) is 12.1 Å². The van der Waals surface area contributed by atoms with Gasteiger partial charge in [0, 0.05) is 12.1 Å². The third kappa shape index (κ3) is 1.99. The van der Waals surface area contributed by atoms with Crippen molar-refractivity contribution in [3.05, 3.63) is 42.6 Å². The zero-order valence-electron chi connectivity index (χ0n) is 6.71. The second-order valence-electron chi connectivity index (χ2n) is 2.29. The summed E-state index contributed by atoms with van der Waals surface area (Å²) in [6.07, 6.45) is 1.52. The predicted molar refractivity (Wildman–Crippen MR) is 45.2 cm³/mol. The molecule has 2 rings (SSSR count). The lowest BCUT2D eigenvalue weighted by molar-refractivity contribution is 0.449. The first-order valence-electron chi connectivity index (χ1n) is 3.74. The summed E-state index contributed by atoms with van der Waals surface area (Å²) in [4.78, 5) is 0. The molecule has 0 aliphatic rings. The van der Waals surface area contributed by atoms with Crippen LogP contribution in [0.5, 0.6) is 11.6 Å². The lowest BCUT2D eigenvalue weighted by atomic mass is 10.3. The lowest BCUT2D eigenvalue weighted by Gasteiger charge is -2.00. The number of benzene rings is 1. The standard InChI is InChI=1S/C9H6N3O/c1-2-4-8(5-3-1)13-9-6-7-10-12-11-9/h1-4,6-7H. The first kappa shape index (κ1) is 7.67. The zero-order valence-corrected chi connectivity index (χ0v) is 6.71. The normalized spacial score (nSPS) is 9.54. The van der Waals surface area contributed by atoms with Crippen molar-refractivity contribution in [1.82, 2.24) is 15.4 Å². The van der Waals surface area contributed by atoms with Crippen LogP contribution in [0, 0.1) is 6.07 Å². The molecule has 4 heteroatoms. The van der Waals surface area contributed by atoms with Crippen LogP contribution in [-0.2, 0) is 0 Å². The van der Waals surface area contributed by atoms with Crippen LogP contribution in [0.3, 0.4) is 0 Å². The van der Waals surface area contributed by atoms with Gasteiger partial charge in [-0.05, 0) is 11.3 Å². The molecule has 1 radical (unpaired) electrons. The van der Waals surface area contributed by atoms with Crippen molar-refractivity contribution in [2.24, 2.45) is 0 Å². The zero-order chi connectivity index (χ0) is 8.93. The SMILES string of the molecule is [c]1ccccc1Oc1ccnnn1. The fourth-order valence-corrected chi connectivity index (χ4v) is 0.838. The minimum atomic E-state index is 0.414. The van der Waals surface area contributed by atoms with Crippen molar-refractivity contribution in [3.63, 3.8) is 0 Å². The molecule has 1 aromatic heterocycles. The van der Waals surface area contributed by atoms with Gasteiger partial charge in [-0.15, -0.1) is 5.10 Å². The van der Waals surface area contributed by atoms with Gasteiger partial charge in [0.2, 0.25) is 5.88 Å². The van der Waals surface area contributed by atoms with E-state index in [0.29, 0.717) is 11.6 Å². The van der Waals surface area contributed by atoms with E-state index in [-0.39, 0.29) is 0 Å². The Morgan fingerprint density at radius 1 is 1.23 bits per heavy atom. The number of nitrogens with zero attached hydrogens (tertiary/aromatic N) is 3. The maximum absolute atomic E-state index is 5.31. The number of rotatable bonds is 2. The quantitative estimate of drug-likeness (QED) is 0.688. The predicted octanol–water partition coefficient (Wildman–Crippen LogP) is 1.46. The molecule has 1 aromatic carbocycles. The molecule has 0 spiro atoms. The molecule has 0 aliphatic carbocycles. The van der Waals surface area contributed by atoms with Gasteiger partial charge in [0.15, 0.2) is 0 Å². The van der Waals surface area contributed by atoms with Crippen LogP contribution in [0.4, 0.5) is 0 Å². The van der Waals surface area contributed by atoms with E-state index in [0.717, 1.165) is 0 Å². The van der Waals surface area contributed by atoms with Crippen molar-refractivity contribution < 1.29 is 4.74 Å². The molecule has 0 N–H and O–H groups in total. The summed E-state index contributed by atoms with van der Waals surface area (Å²) in [6, 6.07) is 11.8. The first-order chi connectivity index (χ1) is 6.45. The van der Waals surface area contributed by atoms with E-state index < -0.39 is 0 Å². The number of aromatic nitrogens is 3. The number of hydrogen-bond donors (Lipinski definition) is 0. The molecule has 0 amide bonds. The minimum absolute atomic E-state index is 0.414. The average molecular weight is 172 g/mol. The highest BCUT2D eigenvalue weighted by Crippen LogP contribution is 2.15. The Morgan fingerprint density at radius 2 is 2.23 bits per heavy atom. The fraction of sp³-hybridized carbons (Fsp3) is 0. The Balaban J connectivity index is 2.16. The maximum atomic E-state index is 5.31. The van der Waals surface area contributed by atoms with Gasteiger partial charge in [0.1, 0.15) is 5.75 Å². The minimum Gasteiger partial charge on any atom is -0.437 e. The van der Waals surface area contributed by atoms with Crippen LogP contribution in [0.15, 0.2) is 36.5 Å². The third-order valence-corrected chi connectivity index (χ3v) is 1.37. The van der Waals surface area contributed by atoms with E-state index in [9.17, 15) is 0 Å². The molecule has 0 saturated carbocycles. The monoisotopic (exact) mass is 172 g/mol. The van der Waals surface area contributed by atoms with Crippen molar-refractivity contribution in [1.29, 1.82) is 0 Å². The third-order valence-electron chi connectivity index (χ3n) is 1.37. The van der Waals surface area contributed by atoms with E-state index in [2.05, 4.69) is 21.5 Å². The Bertz CT molecular complexity index is 326. The highest BCUT2D eigenvalue weighted by molar-refractivity contribution is 5.23. The molecule has 63 valence electrons. The summed E-state index contributed by atoms with van der Waals surface area (Å²) in [5.74, 6) is 1.03. The molecular weight excluding hydrogens is 166 g/mol. The largest absolute Gasteiger partial charge is 0.437 e. The second-order valence-corrected chi connectivity index (χ2v) is 2.29. The maximum Gasteiger partial charge on any atom is 0.242 e. The van der Waals surface area contributed by atoms with Gasteiger partial charge in [-0.1, -0.05) is 23.3 Å². The van der Waals surface area contributed by atoms with Gasteiger partial charge < -0.3 is 4.74 Å². The number of hydrogen-bond acceptors (Lipinski definition) is 4. The van der Waals surface area contributed by atoms with Gasteiger partial charge in [-0.25, -0.2) is 0 Å². The highest BCUT2D eigenvalue weighted by Gasteiger charge is 1.95. The van der Waals surface area contributed by atoms with Gasteiger partial charge in [-0.3, -0.25) is 0 Å². The molecule has 0 bridgehead atoms. The van der Waals surface area contributed by atoms with Crippen LogP contribution in [0.1, 0.15) is 0 Å². The molecular formula is C9H6N3O. The van der Waals surface area contributed by atoms with Crippen molar-refractivity contribution in [2.75, 3.05) is 0 Å². The first-order valence-corrected chi connectivity index (χ1v) is 3.74. The van der Waals surface area contributed by atoms with Gasteiger partial charge in [0.05, 0.1) is 6.20 Å². The van der Waals surface area contributed by atoms with E-state index >= 15 is 0 Å². The lowest BCUT2D eigenvalue weighted by Crippen LogP contribution is -1.90. The van der Waals surface area contributed by atoms with Crippen LogP contribution in [-0.4, -0.2) is 15.4 Å². The van der Waals surface area contributed by atoms with Crippen LogP contribution >= 0.6 is 0 Å². The van der Waals surface area contributed by atoms with Crippen LogP contribution < -0.4 is 4.74 Å². The van der Waals surface area contributed by atoms with Gasteiger partial charge >= 0.3 is 0 Å². The van der Waals surface area contributed by atoms with Crippen molar-refractivity contribution in [2.45, 2.75) is 0 Å². The fourth-order valence-electron chi connectivity index (χ4n) is 0.838. The van der Waals surface area contributed by atoms with E-state index in [1.54, 1.807) is 18.2 Å². The van der Waals surface area contributed by atoms with Crippen LogP contribution in [0.25, 0.3) is 0 Å². The average Bonchev–Trinajstić information content (AvgIpc) is 2.21. The smallest absolute Gasteiger partial charge is 0.242 e. The summed E-state index contributed by atoms with van der Waals surface area (Å²) in [5, 5.41) is 10.6. The van der Waals surface area contributed by atoms with E-state index in [4.69, 9.17) is 4.74 Å². The van der Waals surface area contributed by atoms with Crippen molar-refractivity contribution >= 4 is 0 Å². The molecule has 0 fully saturated rings. The second kappa shape index (κ2) is 3.62. The molecule has 0 unspecified atom stereocenters. The number of para-hydroxylation sites is 1. The summed E-state index contributed by atoms with van der Waals surface area (Å²) in [5.41, 5.74) is 0. The molecule has 1 heterocycles. The Labute approximate surface area is 75.2 Å². The summed E-state index contributed by atoms with van der Waals surface area (Å²) >= 11 is 0. The van der Waals surface area contributed by atoms with Crippen LogP contribution in [0.2, 0.25) is 0 Å². The summed E-state index contributed by atoms with van der Waals surface area (Å²) in [7, 11) is 0. The summed E-state index contributed by atoms with van der Waals surface area (Å²) < 4.78 is 5.31. The Morgan fingerprint density at radius 3 is 2.92 bits per heavy atom. The molecule has 2 aromatic rings. The molecule has 13 heavy (non-hydrogen) atoms. The van der Waals surface area contributed by atoms with Gasteiger partial charge in [-0.2, -0.15) is 0 Å². The van der Waals surface area contributed by atoms with Gasteiger partial charge in [0.25, 0.3) is 0 Å². The molecule has 4 nitrogen and oxygen atoms in total. The molecule has 0 aliphatic heterocycles. The number of ether oxygens (including phenoxy) is 1. The van der Waals surface area contributed by atoms with E-state index in [1.165, 1.54) is 6.20 Å². The molecule has 0 saturated heterocycles. The highest BCUT2D eigenvalue weighted by atomic mass is 16.5. The summed E-state index contributed by atoms with van der Waals surface area (Å²) in [6.45, 7) is 0.